The number of hydrogen-bond acceptors (Lipinski definition) is 0. The Morgan fingerprint density at radius 2 is 2.18 bits per heavy atom. The molecule has 0 spiro atoms. The van der Waals surface area contributed by atoms with Crippen LogP contribution in [0.3, 0.4) is 0 Å². The molecule has 1 rings (SSSR count). The van der Waals surface area contributed by atoms with Crippen LogP contribution in [-0.4, -0.2) is 0 Å². The third-order valence-electron chi connectivity index (χ3n) is 2.51. The highest BCUT2D eigenvalue weighted by atomic mass is 14.1. The van der Waals surface area contributed by atoms with Crippen LogP contribution in [0, 0.1) is 5.92 Å². The molecule has 0 aromatic carbocycles. The van der Waals surface area contributed by atoms with Gasteiger partial charge in [0.1, 0.15) is 0 Å². The summed E-state index contributed by atoms with van der Waals surface area (Å²) in [6, 6.07) is 0. The molecule has 0 amide bonds. The van der Waals surface area contributed by atoms with Crippen LogP contribution in [-0.2, 0) is 0 Å². The maximum absolute atomic E-state index is 2.45. The van der Waals surface area contributed by atoms with E-state index in [2.05, 4.69) is 19.1 Å². The Morgan fingerprint density at radius 1 is 1.27 bits per heavy atom. The van der Waals surface area contributed by atoms with E-state index in [4.69, 9.17) is 0 Å². The van der Waals surface area contributed by atoms with Crippen molar-refractivity contribution in [2.75, 3.05) is 0 Å². The van der Waals surface area contributed by atoms with Crippen LogP contribution in [0.5, 0.6) is 0 Å². The van der Waals surface area contributed by atoms with Gasteiger partial charge >= 0.3 is 0 Å². The Bertz CT molecular complexity index is 113. The van der Waals surface area contributed by atoms with Crippen molar-refractivity contribution in [2.45, 2.75) is 51.9 Å². The predicted octanol–water partition coefficient (Wildman–Crippen LogP) is 3.92. The van der Waals surface area contributed by atoms with E-state index in [0.29, 0.717) is 0 Å². The molecule has 0 radical (unpaired) electrons. The summed E-state index contributed by atoms with van der Waals surface area (Å²) in [5.74, 6) is 0.903. The first kappa shape index (κ1) is 8.83. The fraction of sp³-hybridized carbons (Fsp3) is 0.818. The summed E-state index contributed by atoms with van der Waals surface area (Å²) in [6.07, 6.45) is 14.6. The highest BCUT2D eigenvalue weighted by Crippen LogP contribution is 2.20. The van der Waals surface area contributed by atoms with Crippen molar-refractivity contribution in [1.82, 2.24) is 0 Å². The number of hydrogen-bond donors (Lipinski definition) is 0. The molecule has 0 bridgehead atoms. The van der Waals surface area contributed by atoms with Gasteiger partial charge in [0.05, 0.1) is 0 Å². The second-order valence-corrected chi connectivity index (χ2v) is 3.61. The van der Waals surface area contributed by atoms with E-state index in [-0.39, 0.29) is 0 Å². The minimum atomic E-state index is 0.903. The average molecular weight is 152 g/mol. The molecule has 1 unspecified atom stereocenters. The molecule has 1 aliphatic rings. The summed E-state index contributed by atoms with van der Waals surface area (Å²) in [5.41, 5.74) is 0. The van der Waals surface area contributed by atoms with E-state index >= 15 is 0 Å². The Morgan fingerprint density at radius 3 is 3.00 bits per heavy atom. The zero-order valence-electron chi connectivity index (χ0n) is 7.68. The van der Waals surface area contributed by atoms with Gasteiger partial charge in [0.2, 0.25) is 0 Å². The molecule has 1 aliphatic carbocycles. The lowest BCUT2D eigenvalue weighted by atomic mass is 9.93. The highest BCUT2D eigenvalue weighted by molar-refractivity contribution is 4.89. The van der Waals surface area contributed by atoms with Crippen molar-refractivity contribution in [1.29, 1.82) is 0 Å². The van der Waals surface area contributed by atoms with Crippen molar-refractivity contribution >= 4 is 0 Å². The molecule has 0 nitrogen and oxygen atoms in total. The molecule has 0 aliphatic heterocycles. The highest BCUT2D eigenvalue weighted by Gasteiger charge is 2.04. The van der Waals surface area contributed by atoms with Crippen molar-refractivity contribution in [3.8, 4) is 0 Å². The Kier molecular flexibility index (Phi) is 4.33. The molecular weight excluding hydrogens is 132 g/mol. The van der Waals surface area contributed by atoms with Gasteiger partial charge in [-0.25, -0.2) is 0 Å². The summed E-state index contributed by atoms with van der Waals surface area (Å²) in [6.45, 7) is 2.28. The van der Waals surface area contributed by atoms with E-state index in [0.717, 1.165) is 5.92 Å². The molecule has 11 heavy (non-hydrogen) atoms. The van der Waals surface area contributed by atoms with Crippen molar-refractivity contribution in [2.24, 2.45) is 5.92 Å². The molecule has 0 aromatic heterocycles. The smallest absolute Gasteiger partial charge is 0.0234 e. The zero-order valence-corrected chi connectivity index (χ0v) is 7.68. The Balaban J connectivity index is 2.29. The standard InChI is InChI=1S/C11H20/c1-2-8-11-9-6-4-3-5-7-10-11/h6,9,11H,2-5,7-8,10H2,1H3/b9-6+. The molecule has 64 valence electrons. The first-order valence-electron chi connectivity index (χ1n) is 5.10. The Labute approximate surface area is 70.7 Å². The van der Waals surface area contributed by atoms with Crippen molar-refractivity contribution in [3.63, 3.8) is 0 Å². The van der Waals surface area contributed by atoms with Crippen molar-refractivity contribution < 1.29 is 0 Å². The second kappa shape index (κ2) is 5.40. The molecule has 0 heteroatoms. The lowest BCUT2D eigenvalue weighted by molar-refractivity contribution is 0.487. The summed E-state index contributed by atoms with van der Waals surface area (Å²) in [5, 5.41) is 0. The summed E-state index contributed by atoms with van der Waals surface area (Å²) < 4.78 is 0. The SMILES string of the molecule is CCCC1/C=C/CCCCC1. The van der Waals surface area contributed by atoms with Crippen LogP contribution < -0.4 is 0 Å². The second-order valence-electron chi connectivity index (χ2n) is 3.61. The lowest BCUT2D eigenvalue weighted by Gasteiger charge is -2.13. The van der Waals surface area contributed by atoms with E-state index in [1.165, 1.54) is 44.9 Å². The quantitative estimate of drug-likeness (QED) is 0.526. The van der Waals surface area contributed by atoms with Crippen LogP contribution in [0.4, 0.5) is 0 Å². The van der Waals surface area contributed by atoms with Crippen LogP contribution in [0.1, 0.15) is 51.9 Å². The molecule has 0 saturated heterocycles. The first-order chi connectivity index (χ1) is 5.43. The lowest BCUT2D eigenvalue weighted by Crippen LogP contribution is -1.97. The zero-order chi connectivity index (χ0) is 7.94. The average Bonchev–Trinajstić information content (AvgIpc) is 1.94. The molecule has 0 saturated carbocycles. The first-order valence-corrected chi connectivity index (χ1v) is 5.10. The van der Waals surface area contributed by atoms with Gasteiger partial charge in [-0.15, -0.1) is 0 Å². The van der Waals surface area contributed by atoms with Gasteiger partial charge < -0.3 is 0 Å². The van der Waals surface area contributed by atoms with Crippen LogP contribution in [0.15, 0.2) is 12.2 Å². The number of rotatable bonds is 2. The van der Waals surface area contributed by atoms with Crippen molar-refractivity contribution in [3.05, 3.63) is 12.2 Å². The summed E-state index contributed by atoms with van der Waals surface area (Å²) in [4.78, 5) is 0. The van der Waals surface area contributed by atoms with E-state index in [1.54, 1.807) is 0 Å². The maximum Gasteiger partial charge on any atom is -0.0234 e. The number of allylic oxidation sites excluding steroid dienone is 2. The van der Waals surface area contributed by atoms with Gasteiger partial charge in [0.15, 0.2) is 0 Å². The maximum atomic E-state index is 2.45. The third-order valence-corrected chi connectivity index (χ3v) is 2.51. The summed E-state index contributed by atoms with van der Waals surface area (Å²) >= 11 is 0. The van der Waals surface area contributed by atoms with Gasteiger partial charge in [-0.3, -0.25) is 0 Å². The van der Waals surface area contributed by atoms with Gasteiger partial charge in [0.25, 0.3) is 0 Å². The fourth-order valence-corrected chi connectivity index (χ4v) is 1.84. The van der Waals surface area contributed by atoms with Crippen LogP contribution >= 0.6 is 0 Å². The topological polar surface area (TPSA) is 0 Å². The van der Waals surface area contributed by atoms with E-state index < -0.39 is 0 Å². The van der Waals surface area contributed by atoms with E-state index in [9.17, 15) is 0 Å². The normalized spacial score (nSPS) is 29.0. The van der Waals surface area contributed by atoms with E-state index in [1.807, 2.05) is 0 Å². The third kappa shape index (κ3) is 3.60. The fourth-order valence-electron chi connectivity index (χ4n) is 1.84. The Hall–Kier alpha value is -0.260. The molecule has 0 heterocycles. The molecule has 1 atom stereocenters. The van der Waals surface area contributed by atoms with Crippen LogP contribution in [0.25, 0.3) is 0 Å². The monoisotopic (exact) mass is 152 g/mol. The largest absolute Gasteiger partial charge is 0.0883 e. The van der Waals surface area contributed by atoms with Gasteiger partial charge in [-0.05, 0) is 31.6 Å². The minimum Gasteiger partial charge on any atom is -0.0883 e. The van der Waals surface area contributed by atoms with Crippen LogP contribution in [0.2, 0.25) is 0 Å². The van der Waals surface area contributed by atoms with Gasteiger partial charge in [-0.2, -0.15) is 0 Å². The molecular formula is C11H20. The van der Waals surface area contributed by atoms with Gasteiger partial charge in [0, 0.05) is 0 Å². The molecule has 0 N–H and O–H groups in total. The van der Waals surface area contributed by atoms with Gasteiger partial charge in [-0.1, -0.05) is 38.3 Å². The summed E-state index contributed by atoms with van der Waals surface area (Å²) in [7, 11) is 0. The molecule has 0 fully saturated rings. The predicted molar refractivity (Wildman–Crippen MR) is 50.6 cm³/mol. The molecule has 0 aromatic rings. The minimum absolute atomic E-state index is 0.903.